The fourth-order valence-corrected chi connectivity index (χ4v) is 3.23. The molecule has 1 aromatic carbocycles. The van der Waals surface area contributed by atoms with Crippen molar-refractivity contribution in [3.05, 3.63) is 48.3 Å². The number of piperidine rings is 1. The van der Waals surface area contributed by atoms with E-state index in [0.717, 1.165) is 31.2 Å². The molecule has 1 fully saturated rings. The van der Waals surface area contributed by atoms with Gasteiger partial charge in [-0.2, -0.15) is 0 Å². The van der Waals surface area contributed by atoms with Crippen molar-refractivity contribution in [3.8, 4) is 5.69 Å². The second-order valence-electron chi connectivity index (χ2n) is 6.62. The van der Waals surface area contributed by atoms with Gasteiger partial charge >= 0.3 is 0 Å². The number of hydrogen-bond donors (Lipinski definition) is 1. The van der Waals surface area contributed by atoms with Crippen LogP contribution in [-0.2, 0) is 6.54 Å². The van der Waals surface area contributed by atoms with E-state index in [1.807, 2.05) is 6.07 Å². The van der Waals surface area contributed by atoms with Crippen molar-refractivity contribution in [2.45, 2.75) is 33.2 Å². The second kappa shape index (κ2) is 8.14. The third-order valence-electron chi connectivity index (χ3n) is 4.50. The van der Waals surface area contributed by atoms with Crippen molar-refractivity contribution >= 4 is 5.96 Å². The molecule has 1 aliphatic rings. The summed E-state index contributed by atoms with van der Waals surface area (Å²) >= 11 is 0. The summed E-state index contributed by atoms with van der Waals surface area (Å²) in [5.74, 6) is 1.35. The molecule has 2 aromatic rings. The molecule has 3 rings (SSSR count). The zero-order valence-corrected chi connectivity index (χ0v) is 15.0. The molecule has 6 heteroatoms. The van der Waals surface area contributed by atoms with Crippen LogP contribution >= 0.6 is 0 Å². The van der Waals surface area contributed by atoms with Gasteiger partial charge in [-0.15, -0.1) is 0 Å². The third-order valence-corrected chi connectivity index (χ3v) is 4.50. The minimum absolute atomic E-state index is 0.262. The topological polar surface area (TPSA) is 45.5 Å². The van der Waals surface area contributed by atoms with Gasteiger partial charge in [0, 0.05) is 32.0 Å². The van der Waals surface area contributed by atoms with Crippen LogP contribution in [0, 0.1) is 11.7 Å². The monoisotopic (exact) mass is 343 g/mol. The number of nitrogens with zero attached hydrogens (tertiary/aromatic N) is 4. The molecular formula is C19H26FN5. The van der Waals surface area contributed by atoms with Gasteiger partial charge in [-0.05, 0) is 43.4 Å². The van der Waals surface area contributed by atoms with Crippen LogP contribution in [-0.4, -0.2) is 40.0 Å². The van der Waals surface area contributed by atoms with Gasteiger partial charge in [-0.3, -0.25) is 0 Å². The van der Waals surface area contributed by atoms with Crippen molar-refractivity contribution in [2.24, 2.45) is 10.9 Å². The predicted molar refractivity (Wildman–Crippen MR) is 98.3 cm³/mol. The first-order chi connectivity index (χ1) is 12.2. The Morgan fingerprint density at radius 1 is 1.44 bits per heavy atom. The van der Waals surface area contributed by atoms with E-state index in [0.29, 0.717) is 18.2 Å². The van der Waals surface area contributed by atoms with E-state index < -0.39 is 0 Å². The molecule has 1 aliphatic heterocycles. The van der Waals surface area contributed by atoms with Crippen LogP contribution in [0.3, 0.4) is 0 Å². The molecule has 0 saturated carbocycles. The lowest BCUT2D eigenvalue weighted by atomic mass is 10.0. The Balaban J connectivity index is 1.73. The Labute approximate surface area is 148 Å². The van der Waals surface area contributed by atoms with E-state index in [1.54, 1.807) is 35.4 Å². The number of imidazole rings is 1. The van der Waals surface area contributed by atoms with Crippen LogP contribution in [0.2, 0.25) is 0 Å². The molecular weight excluding hydrogens is 317 g/mol. The third kappa shape index (κ3) is 4.38. The van der Waals surface area contributed by atoms with Crippen LogP contribution in [0.25, 0.3) is 5.69 Å². The lowest BCUT2D eigenvalue weighted by Crippen LogP contribution is -2.46. The average molecular weight is 343 g/mol. The molecule has 1 N–H and O–H groups in total. The van der Waals surface area contributed by atoms with E-state index in [-0.39, 0.29) is 5.82 Å². The molecule has 0 spiro atoms. The van der Waals surface area contributed by atoms with Crippen molar-refractivity contribution in [1.82, 2.24) is 19.8 Å². The van der Waals surface area contributed by atoms with E-state index in [9.17, 15) is 4.39 Å². The Hall–Kier alpha value is -2.37. The van der Waals surface area contributed by atoms with E-state index in [1.165, 1.54) is 12.8 Å². The molecule has 25 heavy (non-hydrogen) atoms. The Morgan fingerprint density at radius 2 is 2.32 bits per heavy atom. The van der Waals surface area contributed by atoms with Crippen molar-refractivity contribution in [2.75, 3.05) is 19.6 Å². The molecule has 2 heterocycles. The standard InChI is InChI=1S/C19H26FN5/c1-3-22-19(24-9-4-5-15(2)13-24)23-12-16-6-7-18(17(20)11-16)25-10-8-21-14-25/h6-8,10-11,14-15H,3-5,9,12-13H2,1-2H3,(H,22,23). The molecule has 0 radical (unpaired) electrons. The van der Waals surface area contributed by atoms with Gasteiger partial charge in [0.15, 0.2) is 5.96 Å². The highest BCUT2D eigenvalue weighted by Crippen LogP contribution is 2.17. The maximum Gasteiger partial charge on any atom is 0.194 e. The molecule has 0 aliphatic carbocycles. The highest BCUT2D eigenvalue weighted by atomic mass is 19.1. The Kier molecular flexibility index (Phi) is 5.68. The number of nitrogens with one attached hydrogen (secondary N) is 1. The van der Waals surface area contributed by atoms with E-state index in [4.69, 9.17) is 4.99 Å². The maximum absolute atomic E-state index is 14.4. The largest absolute Gasteiger partial charge is 0.357 e. The van der Waals surface area contributed by atoms with Gasteiger partial charge in [0.1, 0.15) is 5.82 Å². The normalized spacial score (nSPS) is 18.4. The highest BCUT2D eigenvalue weighted by Gasteiger charge is 2.19. The number of halogens is 1. The van der Waals surface area contributed by atoms with Crippen molar-refractivity contribution in [3.63, 3.8) is 0 Å². The van der Waals surface area contributed by atoms with Crippen LogP contribution in [0.5, 0.6) is 0 Å². The number of hydrogen-bond acceptors (Lipinski definition) is 2. The van der Waals surface area contributed by atoms with Gasteiger partial charge in [0.2, 0.25) is 0 Å². The van der Waals surface area contributed by atoms with Gasteiger partial charge in [-0.25, -0.2) is 14.4 Å². The summed E-state index contributed by atoms with van der Waals surface area (Å²) in [7, 11) is 0. The quantitative estimate of drug-likeness (QED) is 0.685. The fourth-order valence-electron chi connectivity index (χ4n) is 3.23. The SMILES string of the molecule is CCNC(=NCc1ccc(-n2ccnc2)c(F)c1)N1CCCC(C)C1. The first kappa shape index (κ1) is 17.5. The van der Waals surface area contributed by atoms with Crippen LogP contribution < -0.4 is 5.32 Å². The smallest absolute Gasteiger partial charge is 0.194 e. The number of likely N-dealkylation sites (tertiary alicyclic amines) is 1. The minimum atomic E-state index is -0.262. The summed E-state index contributed by atoms with van der Waals surface area (Å²) in [6.45, 7) is 7.71. The summed E-state index contributed by atoms with van der Waals surface area (Å²) in [6.07, 6.45) is 7.44. The Bertz CT molecular complexity index is 711. The molecule has 1 unspecified atom stereocenters. The van der Waals surface area contributed by atoms with E-state index in [2.05, 4.69) is 29.0 Å². The molecule has 5 nitrogen and oxygen atoms in total. The molecule has 1 atom stereocenters. The maximum atomic E-state index is 14.4. The Morgan fingerprint density at radius 3 is 3.00 bits per heavy atom. The fraction of sp³-hybridized carbons (Fsp3) is 0.474. The second-order valence-corrected chi connectivity index (χ2v) is 6.62. The summed E-state index contributed by atoms with van der Waals surface area (Å²) in [5, 5.41) is 3.36. The zero-order valence-electron chi connectivity index (χ0n) is 15.0. The van der Waals surface area contributed by atoms with Gasteiger partial charge in [-0.1, -0.05) is 13.0 Å². The summed E-state index contributed by atoms with van der Waals surface area (Å²) in [5.41, 5.74) is 1.36. The molecule has 1 aromatic heterocycles. The number of guanidine groups is 1. The number of aliphatic imine (C=N–C) groups is 1. The molecule has 134 valence electrons. The highest BCUT2D eigenvalue weighted by molar-refractivity contribution is 5.80. The van der Waals surface area contributed by atoms with E-state index >= 15 is 0 Å². The van der Waals surface area contributed by atoms with Gasteiger partial charge in [0.05, 0.1) is 18.6 Å². The van der Waals surface area contributed by atoms with Crippen LogP contribution in [0.15, 0.2) is 41.9 Å². The summed E-state index contributed by atoms with van der Waals surface area (Å²) in [6, 6.07) is 5.25. The van der Waals surface area contributed by atoms with Crippen molar-refractivity contribution < 1.29 is 4.39 Å². The lowest BCUT2D eigenvalue weighted by molar-refractivity contribution is 0.266. The zero-order chi connectivity index (χ0) is 17.6. The van der Waals surface area contributed by atoms with Gasteiger partial charge in [0.25, 0.3) is 0 Å². The summed E-state index contributed by atoms with van der Waals surface area (Å²) in [4.78, 5) is 11.0. The number of aromatic nitrogens is 2. The molecule has 0 amide bonds. The lowest BCUT2D eigenvalue weighted by Gasteiger charge is -2.33. The number of benzene rings is 1. The first-order valence-electron chi connectivity index (χ1n) is 8.97. The van der Waals surface area contributed by atoms with Crippen molar-refractivity contribution in [1.29, 1.82) is 0 Å². The minimum Gasteiger partial charge on any atom is -0.357 e. The van der Waals surface area contributed by atoms with Gasteiger partial charge < -0.3 is 14.8 Å². The number of rotatable bonds is 4. The predicted octanol–water partition coefficient (Wildman–Crippen LogP) is 3.21. The average Bonchev–Trinajstić information content (AvgIpc) is 3.13. The van der Waals surface area contributed by atoms with Crippen LogP contribution in [0.1, 0.15) is 32.3 Å². The molecule has 0 bridgehead atoms. The van der Waals surface area contributed by atoms with Crippen LogP contribution in [0.4, 0.5) is 4.39 Å². The first-order valence-corrected chi connectivity index (χ1v) is 8.97. The molecule has 1 saturated heterocycles. The summed E-state index contributed by atoms with van der Waals surface area (Å²) < 4.78 is 16.0.